The lowest BCUT2D eigenvalue weighted by atomic mass is 10.1. The molecule has 3 aromatic rings. The second-order valence-corrected chi connectivity index (χ2v) is 6.32. The van der Waals surface area contributed by atoms with Crippen molar-refractivity contribution in [2.75, 3.05) is 20.8 Å². The Hall–Kier alpha value is -3.41. The van der Waals surface area contributed by atoms with E-state index in [1.54, 1.807) is 25.2 Å². The molecule has 0 aliphatic heterocycles. The van der Waals surface area contributed by atoms with Crippen LogP contribution in [0.3, 0.4) is 0 Å². The van der Waals surface area contributed by atoms with Crippen LogP contribution in [0.15, 0.2) is 60.7 Å². The number of halogens is 1. The van der Waals surface area contributed by atoms with Crippen molar-refractivity contribution in [2.45, 2.75) is 6.54 Å². The maximum atomic E-state index is 13.8. The SMILES string of the molecule is COc1ccc(CN(C)C(=O)COC(=O)c2cccc3ccccc23)cc1F. The Morgan fingerprint density at radius 2 is 1.79 bits per heavy atom. The summed E-state index contributed by atoms with van der Waals surface area (Å²) in [5.74, 6) is -1.30. The van der Waals surface area contributed by atoms with E-state index in [0.29, 0.717) is 11.1 Å². The highest BCUT2D eigenvalue weighted by Gasteiger charge is 2.16. The van der Waals surface area contributed by atoms with E-state index in [1.807, 2.05) is 30.3 Å². The van der Waals surface area contributed by atoms with Crippen LogP contribution in [-0.4, -0.2) is 37.5 Å². The number of carbonyl (C=O) groups excluding carboxylic acids is 2. The normalized spacial score (nSPS) is 10.5. The van der Waals surface area contributed by atoms with Crippen LogP contribution >= 0.6 is 0 Å². The zero-order chi connectivity index (χ0) is 20.1. The summed E-state index contributed by atoms with van der Waals surface area (Å²) in [7, 11) is 2.95. The van der Waals surface area contributed by atoms with Crippen molar-refractivity contribution in [3.05, 3.63) is 77.6 Å². The molecule has 0 spiro atoms. The molecular formula is C22H20FNO4. The minimum Gasteiger partial charge on any atom is -0.494 e. The molecule has 6 heteroatoms. The van der Waals surface area contributed by atoms with Gasteiger partial charge in [0.05, 0.1) is 12.7 Å². The number of esters is 1. The van der Waals surface area contributed by atoms with E-state index in [4.69, 9.17) is 9.47 Å². The summed E-state index contributed by atoms with van der Waals surface area (Å²) in [5.41, 5.74) is 1.01. The number of hydrogen-bond acceptors (Lipinski definition) is 4. The molecule has 3 aromatic carbocycles. The summed E-state index contributed by atoms with van der Waals surface area (Å²) in [4.78, 5) is 26.1. The van der Waals surface area contributed by atoms with Gasteiger partial charge in [-0.2, -0.15) is 0 Å². The molecule has 0 radical (unpaired) electrons. The fourth-order valence-corrected chi connectivity index (χ4v) is 2.89. The maximum Gasteiger partial charge on any atom is 0.339 e. The van der Waals surface area contributed by atoms with E-state index in [0.717, 1.165) is 10.8 Å². The largest absolute Gasteiger partial charge is 0.494 e. The molecule has 0 atom stereocenters. The van der Waals surface area contributed by atoms with E-state index in [1.165, 1.54) is 24.1 Å². The average Bonchev–Trinajstić information content (AvgIpc) is 2.71. The molecule has 0 aromatic heterocycles. The number of nitrogens with zero attached hydrogens (tertiary/aromatic N) is 1. The van der Waals surface area contributed by atoms with Gasteiger partial charge in [0.25, 0.3) is 5.91 Å². The van der Waals surface area contributed by atoms with Gasteiger partial charge >= 0.3 is 5.97 Å². The summed E-state index contributed by atoms with van der Waals surface area (Å²) >= 11 is 0. The standard InChI is InChI=1S/C22H20FNO4/c1-24(13-15-10-11-20(27-2)19(23)12-15)21(25)14-28-22(26)18-9-5-7-16-6-3-4-8-17(16)18/h3-12H,13-14H2,1-2H3. The van der Waals surface area contributed by atoms with Gasteiger partial charge in [0.2, 0.25) is 0 Å². The van der Waals surface area contributed by atoms with Crippen LogP contribution in [0.5, 0.6) is 5.75 Å². The van der Waals surface area contributed by atoms with E-state index < -0.39 is 18.4 Å². The first kappa shape index (κ1) is 19.4. The van der Waals surface area contributed by atoms with Crippen molar-refractivity contribution in [3.8, 4) is 5.75 Å². The minimum absolute atomic E-state index is 0.141. The first-order valence-corrected chi connectivity index (χ1v) is 8.71. The molecular weight excluding hydrogens is 361 g/mol. The lowest BCUT2D eigenvalue weighted by molar-refractivity contribution is -0.133. The number of ether oxygens (including phenoxy) is 2. The summed E-state index contributed by atoms with van der Waals surface area (Å²) in [6.45, 7) is -0.206. The van der Waals surface area contributed by atoms with Crippen LogP contribution in [0.25, 0.3) is 10.8 Å². The fraction of sp³-hybridized carbons (Fsp3) is 0.182. The van der Waals surface area contributed by atoms with Gasteiger partial charge in [0.1, 0.15) is 0 Å². The Morgan fingerprint density at radius 1 is 1.04 bits per heavy atom. The average molecular weight is 381 g/mol. The van der Waals surface area contributed by atoms with Crippen LogP contribution < -0.4 is 4.74 Å². The summed E-state index contributed by atoms with van der Waals surface area (Å²) < 4.78 is 23.8. The van der Waals surface area contributed by atoms with E-state index >= 15 is 0 Å². The van der Waals surface area contributed by atoms with E-state index in [9.17, 15) is 14.0 Å². The molecule has 0 aliphatic carbocycles. The number of likely N-dealkylation sites (N-methyl/N-ethyl adjacent to an activating group) is 1. The van der Waals surface area contributed by atoms with Gasteiger partial charge in [-0.1, -0.05) is 42.5 Å². The molecule has 0 heterocycles. The Kier molecular flexibility index (Phi) is 5.89. The molecule has 0 unspecified atom stereocenters. The lowest BCUT2D eigenvalue weighted by Crippen LogP contribution is -2.30. The number of methoxy groups -OCH3 is 1. The number of fused-ring (bicyclic) bond motifs is 1. The molecule has 0 bridgehead atoms. The number of rotatable bonds is 6. The van der Waals surface area contributed by atoms with Gasteiger partial charge < -0.3 is 14.4 Å². The summed E-state index contributed by atoms with van der Waals surface area (Å²) in [6.07, 6.45) is 0. The molecule has 5 nitrogen and oxygen atoms in total. The first-order chi connectivity index (χ1) is 13.5. The third-order valence-corrected chi connectivity index (χ3v) is 4.40. The van der Waals surface area contributed by atoms with Crippen molar-refractivity contribution in [3.63, 3.8) is 0 Å². The van der Waals surface area contributed by atoms with Crippen molar-refractivity contribution < 1.29 is 23.5 Å². The zero-order valence-electron chi connectivity index (χ0n) is 15.6. The molecule has 3 rings (SSSR count). The van der Waals surface area contributed by atoms with Gasteiger partial charge in [-0.3, -0.25) is 4.79 Å². The highest BCUT2D eigenvalue weighted by atomic mass is 19.1. The molecule has 0 fully saturated rings. The van der Waals surface area contributed by atoms with E-state index in [2.05, 4.69) is 0 Å². The van der Waals surface area contributed by atoms with Gasteiger partial charge in [0.15, 0.2) is 18.2 Å². The quantitative estimate of drug-likeness (QED) is 0.610. The van der Waals surface area contributed by atoms with Gasteiger partial charge in [-0.25, -0.2) is 9.18 Å². The monoisotopic (exact) mass is 381 g/mol. The van der Waals surface area contributed by atoms with Crippen molar-refractivity contribution in [1.29, 1.82) is 0 Å². The Balaban J connectivity index is 1.61. The predicted molar refractivity (Wildman–Crippen MR) is 104 cm³/mol. The molecule has 1 amide bonds. The number of amides is 1. The Morgan fingerprint density at radius 3 is 2.54 bits per heavy atom. The van der Waals surface area contributed by atoms with E-state index in [-0.39, 0.29) is 18.2 Å². The van der Waals surface area contributed by atoms with Crippen LogP contribution in [0.2, 0.25) is 0 Å². The van der Waals surface area contributed by atoms with Gasteiger partial charge in [-0.15, -0.1) is 0 Å². The van der Waals surface area contributed by atoms with Crippen molar-refractivity contribution >= 4 is 22.6 Å². The fourth-order valence-electron chi connectivity index (χ4n) is 2.89. The van der Waals surface area contributed by atoms with Crippen LogP contribution in [0.4, 0.5) is 4.39 Å². The first-order valence-electron chi connectivity index (χ1n) is 8.71. The highest BCUT2D eigenvalue weighted by molar-refractivity contribution is 6.04. The van der Waals surface area contributed by atoms with Crippen LogP contribution in [0.1, 0.15) is 15.9 Å². The topological polar surface area (TPSA) is 55.8 Å². The molecule has 0 saturated heterocycles. The summed E-state index contributed by atoms with van der Waals surface area (Å²) in [5, 5.41) is 1.69. The molecule has 0 saturated carbocycles. The van der Waals surface area contributed by atoms with Crippen molar-refractivity contribution in [1.82, 2.24) is 4.90 Å². The van der Waals surface area contributed by atoms with Gasteiger partial charge in [-0.05, 0) is 34.5 Å². The second-order valence-electron chi connectivity index (χ2n) is 6.32. The smallest absolute Gasteiger partial charge is 0.339 e. The predicted octanol–water partition coefficient (Wildman–Crippen LogP) is 3.80. The minimum atomic E-state index is -0.561. The molecule has 28 heavy (non-hydrogen) atoms. The summed E-state index contributed by atoms with van der Waals surface area (Å²) in [6, 6.07) is 17.3. The molecule has 144 valence electrons. The van der Waals surface area contributed by atoms with Crippen LogP contribution in [-0.2, 0) is 16.1 Å². The number of benzene rings is 3. The third kappa shape index (κ3) is 4.28. The molecule has 0 aliphatic rings. The molecule has 0 N–H and O–H groups in total. The number of carbonyl (C=O) groups is 2. The highest BCUT2D eigenvalue weighted by Crippen LogP contribution is 2.20. The third-order valence-electron chi connectivity index (χ3n) is 4.40. The number of hydrogen-bond donors (Lipinski definition) is 0. The Labute approximate surface area is 162 Å². The van der Waals surface area contributed by atoms with Crippen LogP contribution in [0, 0.1) is 5.82 Å². The second kappa shape index (κ2) is 8.52. The van der Waals surface area contributed by atoms with Crippen molar-refractivity contribution in [2.24, 2.45) is 0 Å². The lowest BCUT2D eigenvalue weighted by Gasteiger charge is -2.17. The van der Waals surface area contributed by atoms with Gasteiger partial charge in [0, 0.05) is 13.6 Å². The Bertz CT molecular complexity index is 1010. The zero-order valence-corrected chi connectivity index (χ0v) is 15.6. The maximum absolute atomic E-state index is 13.8.